The summed E-state index contributed by atoms with van der Waals surface area (Å²) in [5.74, 6) is 0. The number of hydrogen-bond donors (Lipinski definition) is 0. The van der Waals surface area contributed by atoms with Crippen LogP contribution >= 0.6 is 11.3 Å². The summed E-state index contributed by atoms with van der Waals surface area (Å²) in [7, 11) is 0. The lowest BCUT2D eigenvalue weighted by molar-refractivity contribution is 0.893. The van der Waals surface area contributed by atoms with Crippen LogP contribution in [0.25, 0.3) is 10.6 Å². The lowest BCUT2D eigenvalue weighted by Crippen LogP contribution is -1.86. The largest absolute Gasteiger partial charge is 0.264 e. The molecule has 2 aromatic heterocycles. The normalized spacial score (nSPS) is 10.5. The van der Waals surface area contributed by atoms with Crippen molar-refractivity contribution in [3.63, 3.8) is 0 Å². The number of aryl methyl sites for hydroxylation is 2. The third kappa shape index (κ3) is 2.23. The molecule has 2 rings (SSSR count). The topological polar surface area (TPSA) is 25.8 Å². The van der Waals surface area contributed by atoms with E-state index in [-0.39, 0.29) is 0 Å². The minimum absolute atomic E-state index is 1.07. The van der Waals surface area contributed by atoms with Crippen molar-refractivity contribution in [1.82, 2.24) is 9.97 Å². The number of nitrogens with zero attached hydrogens (tertiary/aromatic N) is 2. The van der Waals surface area contributed by atoms with Crippen molar-refractivity contribution < 1.29 is 0 Å². The number of aromatic nitrogens is 2. The predicted molar refractivity (Wildman–Crippen MR) is 64.1 cm³/mol. The van der Waals surface area contributed by atoms with Gasteiger partial charge in [0.1, 0.15) is 5.01 Å². The fraction of sp³-hybridized carbons (Fsp3) is 0.333. The summed E-state index contributed by atoms with van der Waals surface area (Å²) in [6.07, 6.45) is 5.93. The van der Waals surface area contributed by atoms with Gasteiger partial charge in [0.15, 0.2) is 0 Å². The summed E-state index contributed by atoms with van der Waals surface area (Å²) in [5.41, 5.74) is 3.60. The van der Waals surface area contributed by atoms with Gasteiger partial charge in [0.25, 0.3) is 0 Å². The summed E-state index contributed by atoms with van der Waals surface area (Å²) in [4.78, 5) is 8.71. The van der Waals surface area contributed by atoms with Crippen molar-refractivity contribution in [2.24, 2.45) is 0 Å². The number of hydrogen-bond acceptors (Lipinski definition) is 3. The van der Waals surface area contributed by atoms with Gasteiger partial charge < -0.3 is 0 Å². The van der Waals surface area contributed by atoms with Crippen molar-refractivity contribution in [3.8, 4) is 10.6 Å². The Balaban J connectivity index is 2.33. The first kappa shape index (κ1) is 10.3. The van der Waals surface area contributed by atoms with Gasteiger partial charge in [-0.1, -0.05) is 13.3 Å². The smallest absolute Gasteiger partial charge is 0.123 e. The molecule has 2 aromatic rings. The molecular weight excluding hydrogens is 204 g/mol. The minimum atomic E-state index is 1.07. The minimum Gasteiger partial charge on any atom is -0.264 e. The quantitative estimate of drug-likeness (QED) is 0.788. The summed E-state index contributed by atoms with van der Waals surface area (Å²) in [6.45, 7) is 4.25. The molecule has 0 unspecified atom stereocenters. The van der Waals surface area contributed by atoms with Crippen LogP contribution < -0.4 is 0 Å². The molecule has 0 spiro atoms. The highest BCUT2D eigenvalue weighted by atomic mass is 32.1. The van der Waals surface area contributed by atoms with Crippen LogP contribution in [0.2, 0.25) is 0 Å². The maximum atomic E-state index is 4.62. The van der Waals surface area contributed by atoms with E-state index in [4.69, 9.17) is 0 Å². The Morgan fingerprint density at radius 1 is 1.40 bits per heavy atom. The molecule has 0 aliphatic heterocycles. The number of thiazole rings is 1. The Kier molecular flexibility index (Phi) is 3.11. The predicted octanol–water partition coefficient (Wildman–Crippen LogP) is 3.47. The first-order valence-electron chi connectivity index (χ1n) is 5.16. The van der Waals surface area contributed by atoms with Crippen LogP contribution in [0.4, 0.5) is 0 Å². The van der Waals surface area contributed by atoms with Gasteiger partial charge in [-0.05, 0) is 25.0 Å². The van der Waals surface area contributed by atoms with Crippen LogP contribution in [0.1, 0.15) is 24.6 Å². The second-order valence-corrected chi connectivity index (χ2v) is 4.44. The van der Waals surface area contributed by atoms with E-state index in [1.54, 1.807) is 11.3 Å². The maximum Gasteiger partial charge on any atom is 0.123 e. The zero-order valence-corrected chi connectivity index (χ0v) is 9.84. The molecule has 0 aliphatic carbocycles. The molecule has 0 atom stereocenters. The summed E-state index contributed by atoms with van der Waals surface area (Å²) in [5, 5.41) is 3.26. The van der Waals surface area contributed by atoms with Crippen molar-refractivity contribution in [2.45, 2.75) is 26.7 Å². The molecule has 0 aromatic carbocycles. The zero-order valence-electron chi connectivity index (χ0n) is 9.03. The Hall–Kier alpha value is -1.22. The van der Waals surface area contributed by atoms with Crippen molar-refractivity contribution in [2.75, 3.05) is 0 Å². The van der Waals surface area contributed by atoms with Crippen molar-refractivity contribution in [3.05, 3.63) is 35.1 Å². The van der Waals surface area contributed by atoms with Gasteiger partial charge >= 0.3 is 0 Å². The van der Waals surface area contributed by atoms with E-state index in [2.05, 4.69) is 29.2 Å². The summed E-state index contributed by atoms with van der Waals surface area (Å²) < 4.78 is 0. The molecule has 15 heavy (non-hydrogen) atoms. The molecule has 2 nitrogen and oxygen atoms in total. The van der Waals surface area contributed by atoms with E-state index in [9.17, 15) is 0 Å². The molecule has 0 N–H and O–H groups in total. The molecule has 0 aliphatic rings. The van der Waals surface area contributed by atoms with Crippen LogP contribution in [-0.4, -0.2) is 9.97 Å². The number of pyridine rings is 1. The van der Waals surface area contributed by atoms with Crippen molar-refractivity contribution in [1.29, 1.82) is 0 Å². The molecule has 0 saturated carbocycles. The fourth-order valence-corrected chi connectivity index (χ4v) is 2.46. The third-order valence-corrected chi connectivity index (χ3v) is 3.23. The summed E-state index contributed by atoms with van der Waals surface area (Å²) in [6, 6.07) is 2.03. The van der Waals surface area contributed by atoms with Gasteiger partial charge in [0, 0.05) is 23.3 Å². The first-order chi connectivity index (χ1) is 7.31. The van der Waals surface area contributed by atoms with E-state index in [1.807, 2.05) is 18.5 Å². The van der Waals surface area contributed by atoms with E-state index in [0.717, 1.165) is 17.8 Å². The van der Waals surface area contributed by atoms with Gasteiger partial charge in [-0.3, -0.25) is 4.98 Å². The molecular formula is C12H14N2S. The van der Waals surface area contributed by atoms with Crippen LogP contribution in [0.5, 0.6) is 0 Å². The standard InChI is InChI=1S/C12H14N2S/c1-3-4-10-8-15-12(14-10)11-5-6-13-7-9(11)2/h5-8H,3-4H2,1-2H3. The van der Waals surface area contributed by atoms with E-state index in [0.29, 0.717) is 0 Å². The highest BCUT2D eigenvalue weighted by Crippen LogP contribution is 2.26. The van der Waals surface area contributed by atoms with E-state index >= 15 is 0 Å². The lowest BCUT2D eigenvalue weighted by atomic mass is 10.2. The Bertz CT molecular complexity index is 448. The highest BCUT2D eigenvalue weighted by molar-refractivity contribution is 7.13. The molecule has 0 saturated heterocycles. The van der Waals surface area contributed by atoms with Crippen molar-refractivity contribution >= 4 is 11.3 Å². The van der Waals surface area contributed by atoms with Gasteiger partial charge in [-0.2, -0.15) is 0 Å². The molecule has 0 radical (unpaired) electrons. The van der Waals surface area contributed by atoms with Gasteiger partial charge in [0.05, 0.1) is 5.69 Å². The average molecular weight is 218 g/mol. The average Bonchev–Trinajstić information content (AvgIpc) is 2.68. The van der Waals surface area contributed by atoms with E-state index < -0.39 is 0 Å². The molecule has 0 amide bonds. The van der Waals surface area contributed by atoms with Gasteiger partial charge in [-0.15, -0.1) is 11.3 Å². The lowest BCUT2D eigenvalue weighted by Gasteiger charge is -1.99. The Morgan fingerprint density at radius 2 is 2.27 bits per heavy atom. The Morgan fingerprint density at radius 3 is 3.00 bits per heavy atom. The Labute approximate surface area is 94.0 Å². The monoisotopic (exact) mass is 218 g/mol. The summed E-state index contributed by atoms with van der Waals surface area (Å²) >= 11 is 1.72. The second-order valence-electron chi connectivity index (χ2n) is 3.58. The molecule has 2 heterocycles. The first-order valence-corrected chi connectivity index (χ1v) is 6.04. The van der Waals surface area contributed by atoms with Crippen LogP contribution in [0.3, 0.4) is 0 Å². The van der Waals surface area contributed by atoms with Gasteiger partial charge in [0.2, 0.25) is 0 Å². The van der Waals surface area contributed by atoms with Gasteiger partial charge in [-0.25, -0.2) is 4.98 Å². The SMILES string of the molecule is CCCc1csc(-c2ccncc2C)n1. The molecule has 3 heteroatoms. The van der Waals surface area contributed by atoms with Crippen LogP contribution in [0, 0.1) is 6.92 Å². The molecule has 0 fully saturated rings. The molecule has 78 valence electrons. The third-order valence-electron chi connectivity index (χ3n) is 2.31. The maximum absolute atomic E-state index is 4.62. The van der Waals surface area contributed by atoms with E-state index in [1.165, 1.54) is 16.8 Å². The second kappa shape index (κ2) is 4.53. The fourth-order valence-electron chi connectivity index (χ4n) is 1.51. The zero-order chi connectivity index (χ0) is 10.7. The van der Waals surface area contributed by atoms with Crippen LogP contribution in [0.15, 0.2) is 23.8 Å². The number of rotatable bonds is 3. The highest BCUT2D eigenvalue weighted by Gasteiger charge is 2.06. The van der Waals surface area contributed by atoms with Crippen LogP contribution in [-0.2, 0) is 6.42 Å². The molecule has 0 bridgehead atoms.